The Morgan fingerprint density at radius 1 is 1.38 bits per heavy atom. The van der Waals surface area contributed by atoms with Crippen LogP contribution in [0.25, 0.3) is 0 Å². The first-order chi connectivity index (χ1) is 6.15. The Morgan fingerprint density at radius 2 is 2.08 bits per heavy atom. The summed E-state index contributed by atoms with van der Waals surface area (Å²) < 4.78 is 5.82. The molecule has 0 amide bonds. The highest BCUT2D eigenvalue weighted by atomic mass is 16.5. The Hall–Kier alpha value is -0.0800. The van der Waals surface area contributed by atoms with Crippen LogP contribution in [0.5, 0.6) is 0 Å². The van der Waals surface area contributed by atoms with Gasteiger partial charge in [-0.1, -0.05) is 6.92 Å². The summed E-state index contributed by atoms with van der Waals surface area (Å²) in [6, 6.07) is 0.660. The Balaban J connectivity index is 2.40. The number of hydrogen-bond donors (Lipinski definition) is 0. The van der Waals surface area contributed by atoms with E-state index < -0.39 is 0 Å². The Labute approximate surface area is 82.3 Å². The molecule has 2 heteroatoms. The van der Waals surface area contributed by atoms with E-state index in [2.05, 4.69) is 32.6 Å². The molecule has 0 aromatic heterocycles. The Bertz CT molecular complexity index is 147. The van der Waals surface area contributed by atoms with Crippen LogP contribution in [0.1, 0.15) is 40.5 Å². The molecule has 1 saturated heterocycles. The largest absolute Gasteiger partial charge is 0.374 e. The van der Waals surface area contributed by atoms with Gasteiger partial charge in [-0.3, -0.25) is 4.90 Å². The summed E-state index contributed by atoms with van der Waals surface area (Å²) in [7, 11) is 0. The molecule has 1 aliphatic rings. The van der Waals surface area contributed by atoms with Crippen LogP contribution in [0.4, 0.5) is 0 Å². The number of likely N-dealkylation sites (N-methyl/N-ethyl adjacent to an activating group) is 1. The average molecular weight is 185 g/mol. The molecule has 0 N–H and O–H groups in total. The number of likely N-dealkylation sites (tertiary alicyclic amines) is 1. The molecular weight excluding hydrogens is 162 g/mol. The minimum atomic E-state index is 0.356. The van der Waals surface area contributed by atoms with Gasteiger partial charge in [0.15, 0.2) is 0 Å². The monoisotopic (exact) mass is 185 g/mol. The molecule has 13 heavy (non-hydrogen) atoms. The van der Waals surface area contributed by atoms with Crippen molar-refractivity contribution >= 4 is 0 Å². The molecule has 0 saturated carbocycles. The highest BCUT2D eigenvalue weighted by Crippen LogP contribution is 2.21. The SMILES string of the molecule is CCN1CCC[C@H]1C(C)OC(C)C. The molecule has 1 fully saturated rings. The summed E-state index contributed by atoms with van der Waals surface area (Å²) in [5, 5.41) is 0. The lowest BCUT2D eigenvalue weighted by molar-refractivity contribution is -0.0239. The molecule has 78 valence electrons. The van der Waals surface area contributed by atoms with Crippen LogP contribution in [0.15, 0.2) is 0 Å². The number of ether oxygens (including phenoxy) is 1. The fraction of sp³-hybridized carbons (Fsp3) is 1.00. The van der Waals surface area contributed by atoms with Crippen molar-refractivity contribution < 1.29 is 4.74 Å². The van der Waals surface area contributed by atoms with Crippen molar-refractivity contribution in [2.45, 2.75) is 58.8 Å². The fourth-order valence-electron chi connectivity index (χ4n) is 2.30. The van der Waals surface area contributed by atoms with Crippen LogP contribution >= 0.6 is 0 Å². The first kappa shape index (κ1) is 11.0. The lowest BCUT2D eigenvalue weighted by atomic mass is 10.1. The number of rotatable bonds is 4. The summed E-state index contributed by atoms with van der Waals surface area (Å²) in [6.07, 6.45) is 3.39. The van der Waals surface area contributed by atoms with Crippen LogP contribution in [0.3, 0.4) is 0 Å². The summed E-state index contributed by atoms with van der Waals surface area (Å²) in [5.41, 5.74) is 0. The average Bonchev–Trinajstić information content (AvgIpc) is 2.49. The second-order valence-corrected chi connectivity index (χ2v) is 4.23. The molecule has 0 aromatic carbocycles. The van der Waals surface area contributed by atoms with Gasteiger partial charge in [0, 0.05) is 6.04 Å². The van der Waals surface area contributed by atoms with Gasteiger partial charge in [-0.05, 0) is 46.7 Å². The molecule has 1 rings (SSSR count). The first-order valence-electron chi connectivity index (χ1n) is 5.54. The predicted molar refractivity (Wildman–Crippen MR) is 56.0 cm³/mol. The Morgan fingerprint density at radius 3 is 2.62 bits per heavy atom. The highest BCUT2D eigenvalue weighted by molar-refractivity contribution is 4.83. The van der Waals surface area contributed by atoms with Gasteiger partial charge in [-0.25, -0.2) is 0 Å². The van der Waals surface area contributed by atoms with Crippen molar-refractivity contribution in [3.8, 4) is 0 Å². The zero-order valence-electron chi connectivity index (χ0n) is 9.42. The topological polar surface area (TPSA) is 12.5 Å². The normalized spacial score (nSPS) is 27.0. The lowest BCUT2D eigenvalue weighted by Gasteiger charge is -2.29. The number of hydrogen-bond acceptors (Lipinski definition) is 2. The van der Waals surface area contributed by atoms with Crippen molar-refractivity contribution in [2.24, 2.45) is 0 Å². The molecule has 0 radical (unpaired) electrons. The summed E-state index contributed by atoms with van der Waals surface area (Å²) in [6.45, 7) is 11.1. The highest BCUT2D eigenvalue weighted by Gasteiger charge is 2.28. The van der Waals surface area contributed by atoms with Gasteiger partial charge < -0.3 is 4.74 Å². The molecule has 0 aliphatic carbocycles. The van der Waals surface area contributed by atoms with Gasteiger partial charge in [0.1, 0.15) is 0 Å². The van der Waals surface area contributed by atoms with Gasteiger partial charge in [0.05, 0.1) is 12.2 Å². The third-order valence-corrected chi connectivity index (χ3v) is 2.85. The standard InChI is InChI=1S/C11H23NO/c1-5-12-8-6-7-11(12)10(4)13-9(2)3/h9-11H,5-8H2,1-4H3/t10?,11-/m0/s1. The summed E-state index contributed by atoms with van der Waals surface area (Å²) in [4.78, 5) is 2.53. The van der Waals surface area contributed by atoms with E-state index >= 15 is 0 Å². The van der Waals surface area contributed by atoms with Crippen molar-refractivity contribution in [3.63, 3.8) is 0 Å². The van der Waals surface area contributed by atoms with Crippen LogP contribution in [-0.4, -0.2) is 36.2 Å². The molecule has 0 aromatic rings. The van der Waals surface area contributed by atoms with Crippen molar-refractivity contribution in [1.29, 1.82) is 0 Å². The zero-order chi connectivity index (χ0) is 9.84. The molecule has 1 unspecified atom stereocenters. The van der Waals surface area contributed by atoms with E-state index in [-0.39, 0.29) is 0 Å². The van der Waals surface area contributed by atoms with E-state index in [0.717, 1.165) is 6.54 Å². The maximum atomic E-state index is 5.82. The van der Waals surface area contributed by atoms with Gasteiger partial charge in [0.2, 0.25) is 0 Å². The van der Waals surface area contributed by atoms with E-state index in [1.165, 1.54) is 19.4 Å². The molecule has 2 nitrogen and oxygen atoms in total. The fourth-order valence-corrected chi connectivity index (χ4v) is 2.30. The third kappa shape index (κ3) is 2.96. The zero-order valence-corrected chi connectivity index (χ0v) is 9.42. The molecular formula is C11H23NO. The molecule has 1 heterocycles. The Kier molecular flexibility index (Phi) is 4.20. The third-order valence-electron chi connectivity index (χ3n) is 2.85. The minimum absolute atomic E-state index is 0.356. The molecule has 0 spiro atoms. The van der Waals surface area contributed by atoms with E-state index in [4.69, 9.17) is 4.74 Å². The predicted octanol–water partition coefficient (Wildman–Crippen LogP) is 2.28. The van der Waals surface area contributed by atoms with Crippen LogP contribution in [-0.2, 0) is 4.74 Å². The van der Waals surface area contributed by atoms with E-state index in [1.54, 1.807) is 0 Å². The van der Waals surface area contributed by atoms with E-state index in [1.807, 2.05) is 0 Å². The maximum absolute atomic E-state index is 5.82. The van der Waals surface area contributed by atoms with Gasteiger partial charge in [-0.2, -0.15) is 0 Å². The van der Waals surface area contributed by atoms with Crippen LogP contribution in [0, 0.1) is 0 Å². The second-order valence-electron chi connectivity index (χ2n) is 4.23. The quantitative estimate of drug-likeness (QED) is 0.666. The van der Waals surface area contributed by atoms with E-state index in [9.17, 15) is 0 Å². The lowest BCUT2D eigenvalue weighted by Crippen LogP contribution is -2.39. The van der Waals surface area contributed by atoms with Crippen molar-refractivity contribution in [3.05, 3.63) is 0 Å². The minimum Gasteiger partial charge on any atom is -0.374 e. The van der Waals surface area contributed by atoms with Gasteiger partial charge >= 0.3 is 0 Å². The smallest absolute Gasteiger partial charge is 0.0705 e. The number of nitrogens with zero attached hydrogens (tertiary/aromatic N) is 1. The van der Waals surface area contributed by atoms with Gasteiger partial charge in [-0.15, -0.1) is 0 Å². The van der Waals surface area contributed by atoms with Crippen molar-refractivity contribution in [2.75, 3.05) is 13.1 Å². The van der Waals surface area contributed by atoms with E-state index in [0.29, 0.717) is 18.2 Å². The second kappa shape index (κ2) is 4.97. The van der Waals surface area contributed by atoms with Crippen LogP contribution < -0.4 is 0 Å². The van der Waals surface area contributed by atoms with Crippen LogP contribution in [0.2, 0.25) is 0 Å². The molecule has 2 atom stereocenters. The molecule has 0 bridgehead atoms. The summed E-state index contributed by atoms with van der Waals surface area (Å²) in [5.74, 6) is 0. The van der Waals surface area contributed by atoms with Gasteiger partial charge in [0.25, 0.3) is 0 Å². The summed E-state index contributed by atoms with van der Waals surface area (Å²) >= 11 is 0. The maximum Gasteiger partial charge on any atom is 0.0705 e. The van der Waals surface area contributed by atoms with Crippen molar-refractivity contribution in [1.82, 2.24) is 4.90 Å². The first-order valence-corrected chi connectivity index (χ1v) is 5.54. The molecule has 1 aliphatic heterocycles.